The number of benzene rings is 3. The van der Waals surface area contributed by atoms with Gasteiger partial charge in [-0.05, 0) is 98.8 Å². The number of halogens is 1. The SMILES string of the molecule is Cc1cc(C)c(S(=O)(=O)Nc2cc3[nH]c(C(=O)c4cnn(-c5cnc(Oc6ccccc6F)cc5C)c4N)cc3cc2C)cc1C. The van der Waals surface area contributed by atoms with E-state index < -0.39 is 21.6 Å². The summed E-state index contributed by atoms with van der Waals surface area (Å²) in [6.45, 7) is 9.17. The molecule has 0 aliphatic rings. The molecule has 0 amide bonds. The Morgan fingerprint density at radius 3 is 2.39 bits per heavy atom. The summed E-state index contributed by atoms with van der Waals surface area (Å²) in [4.78, 5) is 21.2. The van der Waals surface area contributed by atoms with E-state index in [0.29, 0.717) is 33.6 Å². The van der Waals surface area contributed by atoms with Crippen molar-refractivity contribution in [2.24, 2.45) is 0 Å². The number of fused-ring (bicyclic) bond motifs is 1. The molecule has 0 aliphatic carbocycles. The highest BCUT2D eigenvalue weighted by molar-refractivity contribution is 7.92. The van der Waals surface area contributed by atoms with Gasteiger partial charge >= 0.3 is 0 Å². The van der Waals surface area contributed by atoms with Crippen LogP contribution < -0.4 is 15.2 Å². The molecule has 6 rings (SSSR count). The Hall–Kier alpha value is -5.49. The van der Waals surface area contributed by atoms with E-state index in [1.807, 2.05) is 19.9 Å². The van der Waals surface area contributed by atoms with Crippen molar-refractivity contribution in [1.29, 1.82) is 0 Å². The van der Waals surface area contributed by atoms with Gasteiger partial charge in [-0.3, -0.25) is 9.52 Å². The fourth-order valence-electron chi connectivity index (χ4n) is 5.26. The summed E-state index contributed by atoms with van der Waals surface area (Å²) < 4.78 is 50.4. The Balaban J connectivity index is 1.26. The van der Waals surface area contributed by atoms with Gasteiger partial charge in [0, 0.05) is 17.0 Å². The van der Waals surface area contributed by atoms with Crippen LogP contribution in [0, 0.1) is 40.4 Å². The number of hydrogen-bond donors (Lipinski definition) is 3. The van der Waals surface area contributed by atoms with Gasteiger partial charge in [0.1, 0.15) is 5.82 Å². The molecule has 0 spiro atoms. The van der Waals surface area contributed by atoms with Crippen molar-refractivity contribution in [3.05, 3.63) is 118 Å². The third-order valence-electron chi connectivity index (χ3n) is 7.92. The highest BCUT2D eigenvalue weighted by Gasteiger charge is 2.23. The minimum atomic E-state index is -3.87. The fourth-order valence-corrected chi connectivity index (χ4v) is 6.69. The monoisotopic (exact) mass is 638 g/mol. The third-order valence-corrected chi connectivity index (χ3v) is 9.43. The van der Waals surface area contributed by atoms with Crippen LogP contribution in [0.25, 0.3) is 16.6 Å². The van der Waals surface area contributed by atoms with Crippen molar-refractivity contribution in [3.8, 4) is 17.3 Å². The highest BCUT2D eigenvalue weighted by atomic mass is 32.2. The van der Waals surface area contributed by atoms with Crippen molar-refractivity contribution >= 4 is 38.2 Å². The van der Waals surface area contributed by atoms with Gasteiger partial charge in [0.2, 0.25) is 11.7 Å². The van der Waals surface area contributed by atoms with Crippen LogP contribution in [0.5, 0.6) is 11.6 Å². The second kappa shape index (κ2) is 11.5. The van der Waals surface area contributed by atoms with Gasteiger partial charge < -0.3 is 15.5 Å². The molecule has 10 nitrogen and oxygen atoms in total. The maximum Gasteiger partial charge on any atom is 0.262 e. The molecule has 0 radical (unpaired) electrons. The minimum absolute atomic E-state index is 0.0446. The average Bonchev–Trinajstić information content (AvgIpc) is 3.59. The number of rotatable bonds is 8. The molecule has 46 heavy (non-hydrogen) atoms. The Bertz CT molecular complexity index is 2290. The standard InChI is InChI=1S/C34H31FN6O4S/c1-18-10-22(5)31(12-19(18)2)46(43,44)40-26-15-27-23(11-20(26)3)14-28(39-27)33(42)24-16-38-41(34(24)36)29-17-37-32(13-21(29)4)45-30-9-7-6-8-25(30)35/h6-17,39-40H,36H2,1-5H3. The molecule has 3 heterocycles. The number of nitrogens with two attached hydrogens (primary N) is 1. The molecule has 4 N–H and O–H groups in total. The number of pyridine rings is 1. The molecule has 0 atom stereocenters. The van der Waals surface area contributed by atoms with Crippen molar-refractivity contribution in [2.45, 2.75) is 39.5 Å². The number of sulfonamides is 1. The number of nitrogens with one attached hydrogen (secondary N) is 2. The van der Waals surface area contributed by atoms with E-state index in [9.17, 15) is 17.6 Å². The summed E-state index contributed by atoms with van der Waals surface area (Å²) in [6.07, 6.45) is 2.86. The number of nitrogen functional groups attached to an aromatic ring is 1. The number of ketones is 1. The van der Waals surface area contributed by atoms with Crippen molar-refractivity contribution < 1.29 is 22.3 Å². The van der Waals surface area contributed by atoms with Gasteiger partial charge in [-0.1, -0.05) is 18.2 Å². The number of nitrogens with zero attached hydrogens (tertiary/aromatic N) is 3. The van der Waals surface area contributed by atoms with Crippen molar-refractivity contribution in [1.82, 2.24) is 19.7 Å². The molecule has 3 aromatic carbocycles. The predicted octanol–water partition coefficient (Wildman–Crippen LogP) is 6.84. The molecule has 0 bridgehead atoms. The molecule has 3 aromatic heterocycles. The summed E-state index contributed by atoms with van der Waals surface area (Å²) >= 11 is 0. The van der Waals surface area contributed by atoms with E-state index in [1.54, 1.807) is 63.2 Å². The molecule has 0 unspecified atom stereocenters. The summed E-state index contributed by atoms with van der Waals surface area (Å²) in [5, 5.41) is 5.06. The summed E-state index contributed by atoms with van der Waals surface area (Å²) in [5.41, 5.74) is 12.2. The first-order valence-electron chi connectivity index (χ1n) is 14.3. The van der Waals surface area contributed by atoms with Gasteiger partial charge in [0.25, 0.3) is 10.0 Å². The maximum absolute atomic E-state index is 14.0. The topological polar surface area (TPSA) is 145 Å². The Morgan fingerprint density at radius 1 is 0.913 bits per heavy atom. The predicted molar refractivity (Wildman–Crippen MR) is 175 cm³/mol. The summed E-state index contributed by atoms with van der Waals surface area (Å²) in [5.74, 6) is -0.571. The first-order chi connectivity index (χ1) is 21.8. The third kappa shape index (κ3) is 5.58. The zero-order valence-electron chi connectivity index (χ0n) is 25.8. The number of ether oxygens (including phenoxy) is 1. The van der Waals surface area contributed by atoms with Crippen LogP contribution in [-0.4, -0.2) is 33.9 Å². The van der Waals surface area contributed by atoms with Gasteiger partial charge in [0.05, 0.1) is 39.9 Å². The Kier molecular flexibility index (Phi) is 7.61. The zero-order valence-corrected chi connectivity index (χ0v) is 26.6. The summed E-state index contributed by atoms with van der Waals surface area (Å²) in [7, 11) is -3.87. The van der Waals surface area contributed by atoms with Crippen LogP contribution >= 0.6 is 0 Å². The number of H-pyrrole nitrogens is 1. The van der Waals surface area contributed by atoms with Crippen LogP contribution in [0.2, 0.25) is 0 Å². The molecule has 234 valence electrons. The van der Waals surface area contributed by atoms with E-state index in [0.717, 1.165) is 16.5 Å². The van der Waals surface area contributed by atoms with Crippen LogP contribution in [-0.2, 0) is 10.0 Å². The molecule has 0 saturated carbocycles. The van der Waals surface area contributed by atoms with Crippen molar-refractivity contribution in [2.75, 3.05) is 10.5 Å². The zero-order chi connectivity index (χ0) is 32.9. The largest absolute Gasteiger partial charge is 0.436 e. The molecule has 0 saturated heterocycles. The maximum atomic E-state index is 14.0. The molecule has 0 fully saturated rings. The lowest BCUT2D eigenvalue weighted by molar-refractivity contribution is 0.103. The lowest BCUT2D eigenvalue weighted by atomic mass is 10.1. The minimum Gasteiger partial charge on any atom is -0.436 e. The Labute approximate surface area is 265 Å². The Morgan fingerprint density at radius 2 is 1.65 bits per heavy atom. The molecular formula is C34H31FN6O4S. The number of aromatic nitrogens is 4. The van der Waals surface area contributed by atoms with Gasteiger partial charge in [-0.15, -0.1) is 0 Å². The average molecular weight is 639 g/mol. The van der Waals surface area contributed by atoms with Crippen LogP contribution in [0.15, 0.2) is 78.0 Å². The van der Waals surface area contributed by atoms with E-state index in [4.69, 9.17) is 10.5 Å². The number of carbonyl (C=O) groups excluding carboxylic acids is 1. The van der Waals surface area contributed by atoms with Crippen LogP contribution in [0.3, 0.4) is 0 Å². The smallest absolute Gasteiger partial charge is 0.262 e. The number of aromatic amines is 1. The molecule has 0 aliphatic heterocycles. The first-order valence-corrected chi connectivity index (χ1v) is 15.8. The fraction of sp³-hybridized carbons (Fsp3) is 0.147. The number of para-hydroxylation sites is 1. The number of aryl methyl sites for hydroxylation is 5. The second-order valence-electron chi connectivity index (χ2n) is 11.3. The van der Waals surface area contributed by atoms with E-state index in [-0.39, 0.29) is 33.6 Å². The normalized spacial score (nSPS) is 11.6. The molecular weight excluding hydrogens is 607 g/mol. The quantitative estimate of drug-likeness (QED) is 0.155. The summed E-state index contributed by atoms with van der Waals surface area (Å²) in [6, 6.07) is 16.3. The van der Waals surface area contributed by atoms with E-state index in [2.05, 4.69) is 19.8 Å². The van der Waals surface area contributed by atoms with E-state index >= 15 is 0 Å². The first kappa shape index (κ1) is 30.5. The van der Waals surface area contributed by atoms with Crippen LogP contribution in [0.4, 0.5) is 15.9 Å². The lowest BCUT2D eigenvalue weighted by Crippen LogP contribution is -2.15. The van der Waals surface area contributed by atoms with Crippen molar-refractivity contribution in [3.63, 3.8) is 0 Å². The van der Waals surface area contributed by atoms with Gasteiger partial charge in [-0.25, -0.2) is 22.5 Å². The van der Waals surface area contributed by atoms with Gasteiger partial charge in [-0.2, -0.15) is 5.10 Å². The molecule has 6 aromatic rings. The van der Waals surface area contributed by atoms with Gasteiger partial charge in [0.15, 0.2) is 11.6 Å². The van der Waals surface area contributed by atoms with E-state index in [1.165, 1.54) is 29.2 Å². The molecule has 12 heteroatoms. The number of anilines is 2. The van der Waals surface area contributed by atoms with Crippen LogP contribution in [0.1, 0.15) is 43.9 Å². The number of carbonyl (C=O) groups is 1. The highest BCUT2D eigenvalue weighted by Crippen LogP contribution is 2.30. The lowest BCUT2D eigenvalue weighted by Gasteiger charge is -2.14. The second-order valence-corrected chi connectivity index (χ2v) is 12.9. The number of hydrogen-bond acceptors (Lipinski definition) is 7.